The van der Waals surface area contributed by atoms with E-state index in [1.165, 1.54) is 16.2 Å². The summed E-state index contributed by atoms with van der Waals surface area (Å²) < 4.78 is 25.9. The Hall–Kier alpha value is -2.60. The molecule has 6 radical (unpaired) electrons. The Morgan fingerprint density at radius 3 is 2.53 bits per heavy atom. The van der Waals surface area contributed by atoms with Gasteiger partial charge in [0.15, 0.2) is 5.01 Å². The summed E-state index contributed by atoms with van der Waals surface area (Å²) in [6, 6.07) is 2.94. The van der Waals surface area contributed by atoms with Crippen molar-refractivity contribution in [2.45, 2.75) is 37.5 Å². The Morgan fingerprint density at radius 2 is 1.91 bits per heavy atom. The molecule has 0 aliphatic carbocycles. The minimum Gasteiger partial charge on any atom is -0.324 e. The number of piperidine rings is 1. The maximum absolute atomic E-state index is 13.0. The number of hydrogen-bond donors (Lipinski definition) is 1. The molecule has 0 saturated carbocycles. The van der Waals surface area contributed by atoms with Gasteiger partial charge >= 0.3 is 6.03 Å². The van der Waals surface area contributed by atoms with Crippen LogP contribution in [0.2, 0.25) is 0 Å². The highest BCUT2D eigenvalue weighted by Gasteiger charge is 2.33. The number of pyridine rings is 2. The highest BCUT2D eigenvalue weighted by Crippen LogP contribution is 2.26. The summed E-state index contributed by atoms with van der Waals surface area (Å²) in [4.78, 5) is 24.3. The molecule has 1 aliphatic rings. The van der Waals surface area contributed by atoms with Crippen LogP contribution in [0.1, 0.15) is 17.8 Å². The lowest BCUT2D eigenvalue weighted by Gasteiger charge is -2.46. The fourth-order valence-corrected chi connectivity index (χ4v) is 4.62. The van der Waals surface area contributed by atoms with E-state index in [9.17, 15) is 13.6 Å². The van der Waals surface area contributed by atoms with E-state index in [0.29, 0.717) is 42.5 Å². The monoisotopic (exact) mass is 477 g/mol. The van der Waals surface area contributed by atoms with Gasteiger partial charge in [-0.3, -0.25) is 10.3 Å². The second-order valence-electron chi connectivity index (χ2n) is 8.19. The summed E-state index contributed by atoms with van der Waals surface area (Å²) in [6.07, 6.45) is 1.53. The molecule has 0 spiro atoms. The first kappa shape index (κ1) is 24.5. The molecule has 1 saturated heterocycles. The molecule has 1 aliphatic heterocycles. The van der Waals surface area contributed by atoms with Crippen LogP contribution in [0.3, 0.4) is 0 Å². The van der Waals surface area contributed by atoms with Crippen LogP contribution in [-0.2, 0) is 0 Å². The molecule has 8 nitrogen and oxygen atoms in total. The number of anilines is 1. The van der Waals surface area contributed by atoms with Gasteiger partial charge < -0.3 is 9.80 Å². The Kier molecular flexibility index (Phi) is 7.18. The van der Waals surface area contributed by atoms with Crippen molar-refractivity contribution in [3.05, 3.63) is 29.5 Å². The number of halogens is 2. The second-order valence-corrected chi connectivity index (χ2v) is 9.37. The van der Waals surface area contributed by atoms with Gasteiger partial charge in [0.1, 0.15) is 16.5 Å². The van der Waals surface area contributed by atoms with Gasteiger partial charge in [-0.2, -0.15) is 0 Å². The number of alkyl halides is 2. The predicted molar refractivity (Wildman–Crippen MR) is 129 cm³/mol. The first-order chi connectivity index (χ1) is 16.1. The van der Waals surface area contributed by atoms with Crippen LogP contribution in [0, 0.1) is 6.92 Å². The number of aromatic nitrogens is 4. The predicted octanol–water partition coefficient (Wildman–Crippen LogP) is 2.14. The first-order valence-electron chi connectivity index (χ1n) is 10.6. The molecule has 4 heterocycles. The summed E-state index contributed by atoms with van der Waals surface area (Å²) in [5.74, 6) is 0.384. The van der Waals surface area contributed by atoms with Crippen molar-refractivity contribution < 1.29 is 13.6 Å². The van der Waals surface area contributed by atoms with Crippen molar-refractivity contribution in [3.8, 4) is 10.7 Å². The summed E-state index contributed by atoms with van der Waals surface area (Å²) >= 11 is 1.44. The molecule has 0 bridgehead atoms. The number of amides is 2. The van der Waals surface area contributed by atoms with Gasteiger partial charge in [-0.15, -0.1) is 10.2 Å². The number of nitrogens with one attached hydrogen (secondary N) is 1. The molecule has 1 fully saturated rings. The lowest BCUT2D eigenvalue weighted by molar-refractivity contribution is 0.0443. The number of nitrogens with zero attached hydrogens (tertiary/aromatic N) is 6. The lowest BCUT2D eigenvalue weighted by atomic mass is 9.48. The zero-order valence-corrected chi connectivity index (χ0v) is 19.3. The second kappa shape index (κ2) is 9.95. The third kappa shape index (κ3) is 5.72. The van der Waals surface area contributed by atoms with Gasteiger partial charge in [0, 0.05) is 36.9 Å². The van der Waals surface area contributed by atoms with Crippen LogP contribution < -0.4 is 5.32 Å². The summed E-state index contributed by atoms with van der Waals surface area (Å²) in [5, 5.41) is 12.3. The van der Waals surface area contributed by atoms with E-state index >= 15 is 0 Å². The maximum Gasteiger partial charge on any atom is 0.323 e. The minimum atomic E-state index is -2.62. The summed E-state index contributed by atoms with van der Waals surface area (Å²) in [5.41, 5.74) is 0.688. The van der Waals surface area contributed by atoms with E-state index in [1.54, 1.807) is 23.4 Å². The number of likely N-dealkylation sites (tertiary alicyclic amines) is 1. The van der Waals surface area contributed by atoms with Gasteiger partial charge in [0.25, 0.3) is 6.43 Å². The molecular weight excluding hydrogens is 457 g/mol. The molecule has 0 aromatic carbocycles. The Bertz CT molecular complexity index is 1170. The van der Waals surface area contributed by atoms with E-state index in [-0.39, 0.29) is 12.1 Å². The summed E-state index contributed by atoms with van der Waals surface area (Å²) in [7, 11) is 17.1. The van der Waals surface area contributed by atoms with Crippen LogP contribution in [0.25, 0.3) is 21.5 Å². The number of aryl methyl sites for hydroxylation is 1. The fraction of sp³-hybridized carbons (Fsp3) is 0.450. The first-order valence-corrected chi connectivity index (χ1v) is 11.5. The molecule has 14 heteroatoms. The van der Waals surface area contributed by atoms with Crippen molar-refractivity contribution in [3.63, 3.8) is 0 Å². The summed E-state index contributed by atoms with van der Waals surface area (Å²) in [6.45, 7) is 1.92. The van der Waals surface area contributed by atoms with Gasteiger partial charge in [-0.25, -0.2) is 18.6 Å². The molecule has 0 unspecified atom stereocenters. The normalized spacial score (nSPS) is 15.4. The number of fused-ring (bicyclic) bond motifs is 1. The zero-order chi connectivity index (χ0) is 24.5. The lowest BCUT2D eigenvalue weighted by Crippen LogP contribution is -2.59. The fourth-order valence-electron chi connectivity index (χ4n) is 3.96. The number of carbonyl (C=O) groups is 1. The van der Waals surface area contributed by atoms with Crippen LogP contribution in [0.15, 0.2) is 24.5 Å². The molecular formula is C20H20B3F2N7OS. The van der Waals surface area contributed by atoms with Gasteiger partial charge in [0.05, 0.1) is 30.1 Å². The van der Waals surface area contributed by atoms with Crippen LogP contribution in [0.4, 0.5) is 19.4 Å². The minimum absolute atomic E-state index is 0.334. The van der Waals surface area contributed by atoms with Gasteiger partial charge in [-0.05, 0) is 37.3 Å². The van der Waals surface area contributed by atoms with E-state index in [4.69, 9.17) is 23.5 Å². The van der Waals surface area contributed by atoms with Crippen LogP contribution in [-0.4, -0.2) is 96.9 Å². The van der Waals surface area contributed by atoms with Crippen molar-refractivity contribution >= 4 is 57.5 Å². The topological polar surface area (TPSA) is 87.1 Å². The number of urea groups is 1. The van der Waals surface area contributed by atoms with E-state index in [2.05, 4.69) is 25.5 Å². The van der Waals surface area contributed by atoms with Crippen LogP contribution in [0.5, 0.6) is 0 Å². The van der Waals surface area contributed by atoms with Crippen LogP contribution >= 0.6 is 11.3 Å². The average molecular weight is 477 g/mol. The Labute approximate surface area is 203 Å². The third-order valence-corrected chi connectivity index (χ3v) is 6.47. The van der Waals surface area contributed by atoms with E-state index in [0.717, 1.165) is 15.8 Å². The maximum atomic E-state index is 13.0. The zero-order valence-electron chi connectivity index (χ0n) is 18.5. The smallest absolute Gasteiger partial charge is 0.323 e. The SMILES string of the molecule is [B]C([B])([B])N(CC(F)F)C1CCN(C(=O)Nc2cc3cc(-c4nnc(C)s4)ncc3cn2)CC1. The van der Waals surface area contributed by atoms with Crippen molar-refractivity contribution in [1.29, 1.82) is 0 Å². The third-order valence-electron chi connectivity index (χ3n) is 5.61. The molecule has 3 aromatic heterocycles. The van der Waals surface area contributed by atoms with Gasteiger partial charge in [0.2, 0.25) is 0 Å². The van der Waals surface area contributed by atoms with E-state index < -0.39 is 18.2 Å². The number of carbonyl (C=O) groups excluding carboxylic acids is 1. The van der Waals surface area contributed by atoms with Crippen molar-refractivity contribution in [1.82, 2.24) is 30.0 Å². The standard InChI is InChI=1S/C20H20B3F2N7OS/c1-11-29-30-18(34-11)15-6-12-7-17(27-9-13(12)8-26-15)28-19(33)31-4-2-14(3-5-31)32(10-16(24)25)20(21,22)23/h6-9,14,16H,2-5,10H2,1H3,(H,27,28,33). The molecule has 0 atom stereocenters. The Balaban J connectivity index is 1.41. The van der Waals surface area contributed by atoms with Gasteiger partial charge in [-0.1, -0.05) is 16.6 Å². The molecule has 3 aromatic rings. The van der Waals surface area contributed by atoms with Crippen molar-refractivity contribution in [2.75, 3.05) is 25.0 Å². The average Bonchev–Trinajstić information content (AvgIpc) is 3.22. The Morgan fingerprint density at radius 1 is 1.21 bits per heavy atom. The largest absolute Gasteiger partial charge is 0.324 e. The number of hydrogen-bond acceptors (Lipinski definition) is 7. The molecule has 34 heavy (non-hydrogen) atoms. The molecule has 1 N–H and O–H groups in total. The number of rotatable bonds is 6. The van der Waals surface area contributed by atoms with E-state index in [1.807, 2.05) is 13.0 Å². The van der Waals surface area contributed by atoms with Crippen molar-refractivity contribution in [2.24, 2.45) is 0 Å². The molecule has 4 rings (SSSR count). The molecule has 170 valence electrons. The highest BCUT2D eigenvalue weighted by molar-refractivity contribution is 7.14. The highest BCUT2D eigenvalue weighted by atomic mass is 32.1. The molecule has 2 amide bonds. The quantitative estimate of drug-likeness (QED) is 0.548.